The second-order valence-electron chi connectivity index (χ2n) is 2.69. The molecule has 2 heteroatoms. The van der Waals surface area contributed by atoms with Crippen molar-refractivity contribution in [2.24, 2.45) is 5.92 Å². The van der Waals surface area contributed by atoms with E-state index in [1.54, 1.807) is 0 Å². The summed E-state index contributed by atoms with van der Waals surface area (Å²) in [6.07, 6.45) is 3.39. The molecule has 2 unspecified atom stereocenters. The van der Waals surface area contributed by atoms with Crippen LogP contribution in [0.4, 0.5) is 0 Å². The van der Waals surface area contributed by atoms with Gasteiger partial charge in [0.15, 0.2) is 0 Å². The van der Waals surface area contributed by atoms with Crippen LogP contribution in [-0.4, -0.2) is 6.04 Å². The molecule has 0 spiro atoms. The SMILES string of the molecule is CC1CCC([N+]#N)C1. The van der Waals surface area contributed by atoms with Crippen molar-refractivity contribution < 1.29 is 0 Å². The Bertz CT molecular complexity index is 114. The Kier molecular flexibility index (Phi) is 1.48. The molecule has 0 aromatic rings. The average molecular weight is 111 g/mol. The van der Waals surface area contributed by atoms with Gasteiger partial charge in [-0.2, -0.15) is 0 Å². The van der Waals surface area contributed by atoms with E-state index in [1.165, 1.54) is 6.42 Å². The fourth-order valence-corrected chi connectivity index (χ4v) is 1.28. The maximum atomic E-state index is 8.31. The molecule has 1 fully saturated rings. The van der Waals surface area contributed by atoms with Crippen LogP contribution in [0.3, 0.4) is 0 Å². The summed E-state index contributed by atoms with van der Waals surface area (Å²) in [5, 5.41) is 8.31. The second-order valence-corrected chi connectivity index (χ2v) is 2.69. The third-order valence-corrected chi connectivity index (χ3v) is 1.83. The Hall–Kier alpha value is -0.580. The van der Waals surface area contributed by atoms with Gasteiger partial charge in [-0.1, -0.05) is 6.92 Å². The zero-order valence-corrected chi connectivity index (χ0v) is 5.17. The van der Waals surface area contributed by atoms with E-state index in [4.69, 9.17) is 5.39 Å². The van der Waals surface area contributed by atoms with Gasteiger partial charge in [-0.15, -0.1) is 0 Å². The van der Waals surface area contributed by atoms with Crippen LogP contribution in [-0.2, 0) is 0 Å². The summed E-state index contributed by atoms with van der Waals surface area (Å²) in [6.45, 7) is 2.20. The molecule has 1 aliphatic carbocycles. The fourth-order valence-electron chi connectivity index (χ4n) is 1.28. The minimum absolute atomic E-state index is 0.255. The third kappa shape index (κ3) is 0.975. The molecule has 0 radical (unpaired) electrons. The van der Waals surface area contributed by atoms with Gasteiger partial charge in [0.1, 0.15) is 4.98 Å². The quantitative estimate of drug-likeness (QED) is 0.439. The Morgan fingerprint density at radius 3 is 2.50 bits per heavy atom. The molecule has 1 aliphatic rings. The zero-order valence-electron chi connectivity index (χ0n) is 5.17. The summed E-state index contributed by atoms with van der Waals surface area (Å²) in [6, 6.07) is 0.255. The highest BCUT2D eigenvalue weighted by atomic mass is 14.9. The van der Waals surface area contributed by atoms with Gasteiger partial charge in [-0.3, -0.25) is 0 Å². The lowest BCUT2D eigenvalue weighted by molar-refractivity contribution is 0.606. The highest BCUT2D eigenvalue weighted by Gasteiger charge is 2.30. The first-order valence-electron chi connectivity index (χ1n) is 3.17. The lowest BCUT2D eigenvalue weighted by Gasteiger charge is -1.89. The zero-order chi connectivity index (χ0) is 5.98. The maximum Gasteiger partial charge on any atom is 0.314 e. The predicted molar refractivity (Wildman–Crippen MR) is 31.9 cm³/mol. The Morgan fingerprint density at radius 2 is 2.25 bits per heavy atom. The fraction of sp³-hybridized carbons (Fsp3) is 1.00. The molecule has 0 N–H and O–H groups in total. The van der Waals surface area contributed by atoms with Gasteiger partial charge in [0, 0.05) is 12.8 Å². The Balaban J connectivity index is 2.35. The van der Waals surface area contributed by atoms with E-state index < -0.39 is 0 Å². The van der Waals surface area contributed by atoms with Crippen LogP contribution in [0.15, 0.2) is 0 Å². The number of hydrogen-bond acceptors (Lipinski definition) is 1. The van der Waals surface area contributed by atoms with Crippen molar-refractivity contribution in [2.75, 3.05) is 0 Å². The van der Waals surface area contributed by atoms with Gasteiger partial charge in [-0.25, -0.2) is 0 Å². The molecular weight excluding hydrogens is 100 g/mol. The van der Waals surface area contributed by atoms with E-state index in [9.17, 15) is 0 Å². The monoisotopic (exact) mass is 111 g/mol. The van der Waals surface area contributed by atoms with Crippen LogP contribution in [0, 0.1) is 11.3 Å². The molecule has 2 atom stereocenters. The number of hydrogen-bond donors (Lipinski definition) is 0. The maximum absolute atomic E-state index is 8.31. The summed E-state index contributed by atoms with van der Waals surface area (Å²) in [5.41, 5.74) is 0. The Morgan fingerprint density at radius 1 is 1.50 bits per heavy atom. The third-order valence-electron chi connectivity index (χ3n) is 1.83. The summed E-state index contributed by atoms with van der Waals surface area (Å²) < 4.78 is 0. The van der Waals surface area contributed by atoms with Crippen molar-refractivity contribution in [1.29, 1.82) is 5.39 Å². The molecule has 0 amide bonds. The standard InChI is InChI=1S/C6H11N2/c1-5-2-3-6(4-5)8-7/h5-6H,2-4H2,1H3/q+1. The van der Waals surface area contributed by atoms with Crippen molar-refractivity contribution in [2.45, 2.75) is 32.2 Å². The van der Waals surface area contributed by atoms with E-state index in [-0.39, 0.29) is 6.04 Å². The highest BCUT2D eigenvalue weighted by molar-refractivity contribution is 4.84. The number of rotatable bonds is 0. The molecule has 1 rings (SSSR count). The lowest BCUT2D eigenvalue weighted by atomic mass is 10.1. The molecule has 0 saturated heterocycles. The Labute approximate surface area is 49.5 Å². The first kappa shape index (κ1) is 5.55. The van der Waals surface area contributed by atoms with Crippen molar-refractivity contribution in [3.8, 4) is 0 Å². The van der Waals surface area contributed by atoms with E-state index in [2.05, 4.69) is 11.9 Å². The number of nitrogens with zero attached hydrogens (tertiary/aromatic N) is 2. The first-order valence-corrected chi connectivity index (χ1v) is 3.17. The largest absolute Gasteiger partial charge is 0.314 e. The van der Waals surface area contributed by atoms with E-state index in [1.807, 2.05) is 0 Å². The summed E-state index contributed by atoms with van der Waals surface area (Å²) in [5.74, 6) is 0.774. The van der Waals surface area contributed by atoms with Gasteiger partial charge >= 0.3 is 6.04 Å². The molecule has 8 heavy (non-hydrogen) atoms. The molecule has 0 aromatic carbocycles. The summed E-state index contributed by atoms with van der Waals surface area (Å²) in [7, 11) is 0. The molecular formula is C6H11N2+. The normalized spacial score (nSPS) is 37.0. The van der Waals surface area contributed by atoms with Crippen LogP contribution < -0.4 is 0 Å². The summed E-state index contributed by atoms with van der Waals surface area (Å²) >= 11 is 0. The van der Waals surface area contributed by atoms with E-state index >= 15 is 0 Å². The first-order chi connectivity index (χ1) is 3.83. The molecule has 2 nitrogen and oxygen atoms in total. The van der Waals surface area contributed by atoms with Crippen molar-refractivity contribution in [1.82, 2.24) is 0 Å². The van der Waals surface area contributed by atoms with Gasteiger partial charge in [-0.05, 0) is 12.3 Å². The molecule has 1 saturated carbocycles. The summed E-state index contributed by atoms with van der Waals surface area (Å²) in [4.78, 5) is 3.24. The second kappa shape index (κ2) is 2.13. The molecule has 0 aromatic heterocycles. The van der Waals surface area contributed by atoms with Crippen LogP contribution in [0.5, 0.6) is 0 Å². The van der Waals surface area contributed by atoms with Crippen molar-refractivity contribution in [3.05, 3.63) is 4.98 Å². The van der Waals surface area contributed by atoms with Gasteiger partial charge in [0.05, 0.1) is 0 Å². The predicted octanol–water partition coefficient (Wildman–Crippen LogP) is 2.03. The lowest BCUT2D eigenvalue weighted by Crippen LogP contribution is -1.92. The van der Waals surface area contributed by atoms with E-state index in [0.717, 1.165) is 18.8 Å². The molecule has 0 heterocycles. The minimum Gasteiger partial charge on any atom is -0.0622 e. The van der Waals surface area contributed by atoms with Gasteiger partial charge in [0.2, 0.25) is 5.39 Å². The van der Waals surface area contributed by atoms with Crippen LogP contribution in [0.25, 0.3) is 4.98 Å². The average Bonchev–Trinajstić information content (AvgIpc) is 2.14. The van der Waals surface area contributed by atoms with Crippen LogP contribution in [0.2, 0.25) is 0 Å². The highest BCUT2D eigenvalue weighted by Crippen LogP contribution is 2.26. The van der Waals surface area contributed by atoms with Crippen LogP contribution in [0.1, 0.15) is 26.2 Å². The van der Waals surface area contributed by atoms with Crippen LogP contribution >= 0.6 is 0 Å². The minimum atomic E-state index is 0.255. The van der Waals surface area contributed by atoms with E-state index in [0.29, 0.717) is 0 Å². The van der Waals surface area contributed by atoms with Crippen molar-refractivity contribution >= 4 is 0 Å². The van der Waals surface area contributed by atoms with Gasteiger partial charge < -0.3 is 0 Å². The van der Waals surface area contributed by atoms with Gasteiger partial charge in [0.25, 0.3) is 0 Å². The molecule has 44 valence electrons. The molecule has 0 aliphatic heterocycles. The molecule has 0 bridgehead atoms. The smallest absolute Gasteiger partial charge is 0.0622 e. The van der Waals surface area contributed by atoms with Crippen molar-refractivity contribution in [3.63, 3.8) is 0 Å². The topological polar surface area (TPSA) is 28.1 Å². The number of diazo groups is 1.